The summed E-state index contributed by atoms with van der Waals surface area (Å²) >= 11 is 0. The van der Waals surface area contributed by atoms with Crippen molar-refractivity contribution in [3.63, 3.8) is 0 Å². The van der Waals surface area contributed by atoms with Crippen molar-refractivity contribution in [2.24, 2.45) is 0 Å². The largest absolute Gasteiger partial charge is 0.388 e. The molecule has 2 aliphatic carbocycles. The number of halogens is 4. The zero-order chi connectivity index (χ0) is 18.8. The van der Waals surface area contributed by atoms with Crippen molar-refractivity contribution in [2.45, 2.75) is 50.2 Å². The Hall–Kier alpha value is -1.92. The van der Waals surface area contributed by atoms with Crippen LogP contribution in [-0.2, 0) is 6.42 Å². The van der Waals surface area contributed by atoms with Crippen LogP contribution in [0.4, 0.5) is 17.6 Å². The lowest BCUT2D eigenvalue weighted by Crippen LogP contribution is -2.22. The van der Waals surface area contributed by atoms with Gasteiger partial charge in [-0.05, 0) is 53.6 Å². The second-order valence-electron chi connectivity index (χ2n) is 7.24. The Kier molecular flexibility index (Phi) is 3.90. The van der Waals surface area contributed by atoms with Crippen LogP contribution in [0.25, 0.3) is 0 Å². The van der Waals surface area contributed by atoms with Gasteiger partial charge in [0.25, 0.3) is 5.92 Å². The SMILES string of the molecule is Cc1ccc(C2CCC(O)c3cc(F)cc(F)c32)c2c1C(O)C(F)(F)C2. The number of alkyl halides is 2. The van der Waals surface area contributed by atoms with Crippen molar-refractivity contribution in [2.75, 3.05) is 0 Å². The number of fused-ring (bicyclic) bond motifs is 2. The molecule has 0 saturated carbocycles. The summed E-state index contributed by atoms with van der Waals surface area (Å²) in [6.07, 6.45) is -2.85. The van der Waals surface area contributed by atoms with Gasteiger partial charge in [-0.2, -0.15) is 0 Å². The third-order valence-corrected chi connectivity index (χ3v) is 5.64. The Bertz CT molecular complexity index is 894. The van der Waals surface area contributed by atoms with E-state index in [-0.39, 0.29) is 23.1 Å². The minimum atomic E-state index is -3.28. The van der Waals surface area contributed by atoms with E-state index in [0.29, 0.717) is 23.1 Å². The molecule has 0 saturated heterocycles. The molecule has 0 aromatic heterocycles. The third kappa shape index (κ3) is 2.47. The minimum Gasteiger partial charge on any atom is -0.388 e. The van der Waals surface area contributed by atoms with Gasteiger partial charge in [0.15, 0.2) is 0 Å². The molecular formula is C20H18F4O2. The minimum absolute atomic E-state index is 0.154. The van der Waals surface area contributed by atoms with E-state index in [9.17, 15) is 27.8 Å². The van der Waals surface area contributed by atoms with Crippen LogP contribution in [0.2, 0.25) is 0 Å². The molecule has 6 heteroatoms. The number of aliphatic hydroxyl groups excluding tert-OH is 2. The topological polar surface area (TPSA) is 40.5 Å². The standard InChI is InChI=1S/C20H18F4O2/c1-9-2-3-11(14-8-20(23,24)19(26)17(9)14)12-4-5-16(25)13-6-10(21)7-15(22)18(12)13/h2-3,6-7,12,16,19,25-26H,4-5,8H2,1H3. The van der Waals surface area contributed by atoms with Crippen LogP contribution in [0.5, 0.6) is 0 Å². The number of aliphatic hydroxyl groups is 2. The monoisotopic (exact) mass is 366 g/mol. The summed E-state index contributed by atoms with van der Waals surface area (Å²) in [4.78, 5) is 0. The molecule has 4 rings (SSSR count). The summed E-state index contributed by atoms with van der Waals surface area (Å²) in [5.74, 6) is -5.41. The van der Waals surface area contributed by atoms with Crippen LogP contribution in [-0.4, -0.2) is 16.1 Å². The van der Waals surface area contributed by atoms with Crippen molar-refractivity contribution in [1.29, 1.82) is 0 Å². The second kappa shape index (κ2) is 5.79. The predicted octanol–water partition coefficient (Wildman–Crippen LogP) is 4.46. The highest BCUT2D eigenvalue weighted by atomic mass is 19.3. The molecule has 3 unspecified atom stereocenters. The third-order valence-electron chi connectivity index (χ3n) is 5.64. The smallest absolute Gasteiger partial charge is 0.281 e. The Morgan fingerprint density at radius 2 is 1.73 bits per heavy atom. The van der Waals surface area contributed by atoms with E-state index >= 15 is 0 Å². The lowest BCUT2D eigenvalue weighted by molar-refractivity contribution is -0.0970. The molecule has 0 spiro atoms. The second-order valence-corrected chi connectivity index (χ2v) is 7.24. The van der Waals surface area contributed by atoms with Crippen molar-refractivity contribution in [3.05, 3.63) is 69.3 Å². The Morgan fingerprint density at radius 1 is 1.00 bits per heavy atom. The molecule has 3 atom stereocenters. The number of rotatable bonds is 1. The fraction of sp³-hybridized carbons (Fsp3) is 0.400. The van der Waals surface area contributed by atoms with Gasteiger partial charge in [0.1, 0.15) is 17.7 Å². The molecule has 2 aliphatic rings. The highest BCUT2D eigenvalue weighted by Gasteiger charge is 2.49. The molecule has 138 valence electrons. The van der Waals surface area contributed by atoms with E-state index in [1.54, 1.807) is 19.1 Å². The van der Waals surface area contributed by atoms with Gasteiger partial charge in [-0.15, -0.1) is 0 Å². The first-order valence-electron chi connectivity index (χ1n) is 8.55. The number of hydrogen-bond acceptors (Lipinski definition) is 2. The van der Waals surface area contributed by atoms with Gasteiger partial charge in [0, 0.05) is 24.0 Å². The highest BCUT2D eigenvalue weighted by molar-refractivity contribution is 5.52. The van der Waals surface area contributed by atoms with Crippen molar-refractivity contribution >= 4 is 0 Å². The first kappa shape index (κ1) is 17.5. The molecule has 26 heavy (non-hydrogen) atoms. The quantitative estimate of drug-likeness (QED) is 0.732. The average Bonchev–Trinajstić information content (AvgIpc) is 2.80. The van der Waals surface area contributed by atoms with Crippen molar-refractivity contribution < 1.29 is 27.8 Å². The molecule has 0 aliphatic heterocycles. The zero-order valence-corrected chi connectivity index (χ0v) is 14.1. The van der Waals surface area contributed by atoms with E-state index < -0.39 is 42.1 Å². The lowest BCUT2D eigenvalue weighted by Gasteiger charge is -2.31. The van der Waals surface area contributed by atoms with E-state index in [0.717, 1.165) is 12.1 Å². The summed E-state index contributed by atoms with van der Waals surface area (Å²) < 4.78 is 56.4. The van der Waals surface area contributed by atoms with Crippen LogP contribution in [0.1, 0.15) is 64.3 Å². The van der Waals surface area contributed by atoms with Crippen LogP contribution < -0.4 is 0 Å². The van der Waals surface area contributed by atoms with Crippen LogP contribution in [0.3, 0.4) is 0 Å². The van der Waals surface area contributed by atoms with Gasteiger partial charge >= 0.3 is 0 Å². The van der Waals surface area contributed by atoms with E-state index in [2.05, 4.69) is 0 Å². The van der Waals surface area contributed by atoms with Gasteiger partial charge in [-0.1, -0.05) is 12.1 Å². The summed E-state index contributed by atoms with van der Waals surface area (Å²) in [6.45, 7) is 1.65. The van der Waals surface area contributed by atoms with Crippen molar-refractivity contribution in [1.82, 2.24) is 0 Å². The van der Waals surface area contributed by atoms with Crippen molar-refractivity contribution in [3.8, 4) is 0 Å². The van der Waals surface area contributed by atoms with Gasteiger partial charge < -0.3 is 10.2 Å². The Labute approximate surface area is 148 Å². The maximum atomic E-state index is 14.6. The normalized spacial score (nSPS) is 26.5. The fourth-order valence-electron chi connectivity index (χ4n) is 4.43. The average molecular weight is 366 g/mol. The molecule has 2 aromatic rings. The van der Waals surface area contributed by atoms with E-state index in [1.165, 1.54) is 0 Å². The summed E-state index contributed by atoms with van der Waals surface area (Å²) in [5, 5.41) is 20.2. The summed E-state index contributed by atoms with van der Waals surface area (Å²) in [5.41, 5.74) is 1.92. The maximum absolute atomic E-state index is 14.6. The van der Waals surface area contributed by atoms with E-state index in [4.69, 9.17) is 0 Å². The molecule has 0 radical (unpaired) electrons. The fourth-order valence-corrected chi connectivity index (χ4v) is 4.43. The zero-order valence-electron chi connectivity index (χ0n) is 14.1. The number of hydrogen-bond donors (Lipinski definition) is 2. The molecule has 0 heterocycles. The Morgan fingerprint density at radius 3 is 2.46 bits per heavy atom. The molecule has 2 aromatic carbocycles. The van der Waals surface area contributed by atoms with Gasteiger partial charge in [0.2, 0.25) is 0 Å². The summed E-state index contributed by atoms with van der Waals surface area (Å²) in [6, 6.07) is 5.18. The molecule has 0 fully saturated rings. The first-order chi connectivity index (χ1) is 12.2. The molecule has 0 bridgehead atoms. The van der Waals surface area contributed by atoms with Gasteiger partial charge in [0.05, 0.1) is 6.10 Å². The first-order valence-corrected chi connectivity index (χ1v) is 8.55. The van der Waals surface area contributed by atoms with E-state index in [1.807, 2.05) is 0 Å². The predicted molar refractivity (Wildman–Crippen MR) is 87.2 cm³/mol. The summed E-state index contributed by atoms with van der Waals surface area (Å²) in [7, 11) is 0. The van der Waals surface area contributed by atoms with Crippen LogP contribution in [0.15, 0.2) is 24.3 Å². The number of aryl methyl sites for hydroxylation is 1. The molecular weight excluding hydrogens is 348 g/mol. The molecule has 0 amide bonds. The highest BCUT2D eigenvalue weighted by Crippen LogP contribution is 2.50. The van der Waals surface area contributed by atoms with Crippen LogP contribution in [0, 0.1) is 18.6 Å². The Balaban J connectivity index is 1.92. The maximum Gasteiger partial charge on any atom is 0.281 e. The van der Waals surface area contributed by atoms with Gasteiger partial charge in [-0.25, -0.2) is 17.6 Å². The lowest BCUT2D eigenvalue weighted by atomic mass is 9.75. The van der Waals surface area contributed by atoms with Gasteiger partial charge in [-0.3, -0.25) is 0 Å². The molecule has 2 N–H and O–H groups in total. The van der Waals surface area contributed by atoms with Crippen LogP contribution >= 0.6 is 0 Å². The molecule has 2 nitrogen and oxygen atoms in total. The number of benzene rings is 2.